The zero-order valence-electron chi connectivity index (χ0n) is 19.0. The van der Waals surface area contributed by atoms with Gasteiger partial charge in [0, 0.05) is 11.1 Å². The Morgan fingerprint density at radius 2 is 1.13 bits per heavy atom. The number of Topliss-reactive ketones (excluding diaryl/α,β-unsaturated/α-hetero) is 1. The molecule has 0 saturated heterocycles. The minimum absolute atomic E-state index is 0.0228. The lowest BCUT2D eigenvalue weighted by atomic mass is 9.70. The molecule has 16 heteroatoms. The molecule has 2 unspecified atom stereocenters. The van der Waals surface area contributed by atoms with Gasteiger partial charge in [0.15, 0.2) is 9.58 Å². The molecule has 39 heavy (non-hydrogen) atoms. The SMILES string of the molecule is O=C(CC(Cl)(Cl)Cl)N=C1c2ccccc2C(=O)C2C(OC(=O)CC(Cl)(Cl)Cl)=CC=C(OC(=O)CC(Cl)(Cl)Cl)C12. The second kappa shape index (κ2) is 12.6. The van der Waals surface area contributed by atoms with Crippen molar-refractivity contribution in [3.05, 3.63) is 59.1 Å². The molecule has 0 N–H and O–H groups in total. The highest BCUT2D eigenvalue weighted by Crippen LogP contribution is 2.44. The Labute approximate surface area is 267 Å². The number of ketones is 1. The number of esters is 2. The van der Waals surface area contributed by atoms with Crippen molar-refractivity contribution in [1.82, 2.24) is 0 Å². The van der Waals surface area contributed by atoms with Crippen molar-refractivity contribution in [2.75, 3.05) is 0 Å². The van der Waals surface area contributed by atoms with Crippen LogP contribution >= 0.6 is 104 Å². The van der Waals surface area contributed by atoms with Crippen LogP contribution in [0, 0.1) is 11.8 Å². The summed E-state index contributed by atoms with van der Waals surface area (Å²) in [6, 6.07) is 6.19. The number of aliphatic imine (C=N–C) groups is 1. The molecule has 0 fully saturated rings. The van der Waals surface area contributed by atoms with Gasteiger partial charge in [0.2, 0.25) is 13.5 Å². The molecule has 0 spiro atoms. The standard InChI is InChI=1S/C23H14Cl9NO6/c24-21(25,26)7-14(34)33-19-10-3-1-2-4-11(10)20(37)18-13(39-16(36)9-23(30,31)32)6-5-12(17(18)19)38-15(35)8-22(27,28)29/h1-6,17-18H,7-9H2. The van der Waals surface area contributed by atoms with Gasteiger partial charge >= 0.3 is 11.9 Å². The summed E-state index contributed by atoms with van der Waals surface area (Å²) in [4.78, 5) is 55.6. The van der Waals surface area contributed by atoms with Gasteiger partial charge in [0.1, 0.15) is 11.5 Å². The number of carbonyl (C=O) groups is 4. The first-order chi connectivity index (χ1) is 17.8. The normalized spacial score (nSPS) is 20.4. The summed E-state index contributed by atoms with van der Waals surface area (Å²) in [6.45, 7) is 0. The molecular formula is C23H14Cl9NO6. The first-order valence-electron chi connectivity index (χ1n) is 10.6. The molecule has 0 aromatic heterocycles. The van der Waals surface area contributed by atoms with Crippen molar-refractivity contribution in [1.29, 1.82) is 0 Å². The minimum atomic E-state index is -1.98. The maximum atomic E-state index is 13.7. The second-order valence-corrected chi connectivity index (χ2v) is 15.8. The number of benzene rings is 1. The van der Waals surface area contributed by atoms with Gasteiger partial charge in [-0.25, -0.2) is 4.99 Å². The molecule has 0 radical (unpaired) electrons. The molecule has 2 atom stereocenters. The van der Waals surface area contributed by atoms with Crippen molar-refractivity contribution in [2.24, 2.45) is 16.8 Å². The molecule has 0 heterocycles. The fraction of sp³-hybridized carbons (Fsp3) is 0.348. The van der Waals surface area contributed by atoms with E-state index in [9.17, 15) is 19.2 Å². The van der Waals surface area contributed by atoms with Gasteiger partial charge in [-0.1, -0.05) is 129 Å². The third kappa shape index (κ3) is 9.38. The van der Waals surface area contributed by atoms with Gasteiger partial charge in [0.05, 0.1) is 36.8 Å². The summed E-state index contributed by atoms with van der Waals surface area (Å²) in [5.74, 6) is -6.26. The van der Waals surface area contributed by atoms with Gasteiger partial charge in [-0.2, -0.15) is 0 Å². The van der Waals surface area contributed by atoms with Crippen LogP contribution in [0.3, 0.4) is 0 Å². The predicted molar refractivity (Wildman–Crippen MR) is 152 cm³/mol. The summed E-state index contributed by atoms with van der Waals surface area (Å²) in [6.07, 6.45) is 0.564. The molecule has 1 amide bonds. The Morgan fingerprint density at radius 3 is 1.59 bits per heavy atom. The number of allylic oxidation sites excluding steroid dienone is 4. The summed E-state index contributed by atoms with van der Waals surface area (Å²) in [5.41, 5.74) is 0.348. The topological polar surface area (TPSA) is 99.1 Å². The molecule has 0 bridgehead atoms. The smallest absolute Gasteiger partial charge is 0.315 e. The van der Waals surface area contributed by atoms with Gasteiger partial charge in [-0.3, -0.25) is 19.2 Å². The number of halogens is 9. The van der Waals surface area contributed by atoms with E-state index in [1.807, 2.05) is 0 Å². The molecule has 0 aliphatic heterocycles. The third-order valence-electron chi connectivity index (χ3n) is 5.15. The average molecular weight is 719 g/mol. The molecule has 0 saturated carbocycles. The Morgan fingerprint density at radius 1 is 0.692 bits per heavy atom. The van der Waals surface area contributed by atoms with E-state index in [-0.39, 0.29) is 28.4 Å². The number of ether oxygens (including phenoxy) is 2. The van der Waals surface area contributed by atoms with Gasteiger partial charge in [-0.15, -0.1) is 0 Å². The Bertz CT molecular complexity index is 1290. The number of hydrogen-bond donors (Lipinski definition) is 0. The van der Waals surface area contributed by atoms with Crippen LogP contribution in [0.2, 0.25) is 0 Å². The Kier molecular flexibility index (Phi) is 10.6. The highest BCUT2D eigenvalue weighted by molar-refractivity contribution is 6.69. The van der Waals surface area contributed by atoms with Crippen molar-refractivity contribution < 1.29 is 28.7 Å². The van der Waals surface area contributed by atoms with E-state index in [2.05, 4.69) is 4.99 Å². The highest BCUT2D eigenvalue weighted by atomic mass is 35.6. The van der Waals surface area contributed by atoms with Crippen LogP contribution in [0.4, 0.5) is 0 Å². The minimum Gasteiger partial charge on any atom is -0.430 e. The van der Waals surface area contributed by atoms with Crippen molar-refractivity contribution in [2.45, 2.75) is 30.6 Å². The lowest BCUT2D eigenvalue weighted by Crippen LogP contribution is -2.42. The van der Waals surface area contributed by atoms with Crippen molar-refractivity contribution >= 4 is 134 Å². The molecule has 2 aliphatic rings. The number of fused-ring (bicyclic) bond motifs is 2. The van der Waals surface area contributed by atoms with Crippen LogP contribution in [0.25, 0.3) is 0 Å². The molecule has 1 aromatic rings. The van der Waals surface area contributed by atoms with E-state index in [1.54, 1.807) is 12.1 Å². The Hall–Kier alpha value is -0.740. The summed E-state index contributed by atoms with van der Waals surface area (Å²) in [7, 11) is 0. The zero-order chi connectivity index (χ0) is 29.3. The fourth-order valence-electron chi connectivity index (χ4n) is 3.86. The largest absolute Gasteiger partial charge is 0.430 e. The lowest BCUT2D eigenvalue weighted by Gasteiger charge is -2.36. The van der Waals surface area contributed by atoms with E-state index >= 15 is 0 Å². The van der Waals surface area contributed by atoms with Crippen LogP contribution in [0.5, 0.6) is 0 Å². The lowest BCUT2D eigenvalue weighted by molar-refractivity contribution is -0.142. The maximum Gasteiger partial charge on any atom is 0.315 e. The third-order valence-corrected chi connectivity index (χ3v) is 6.36. The first-order valence-corrected chi connectivity index (χ1v) is 14.0. The number of hydrogen-bond acceptors (Lipinski definition) is 6. The summed E-state index contributed by atoms with van der Waals surface area (Å²) < 4.78 is 4.91. The van der Waals surface area contributed by atoms with Gasteiger partial charge in [-0.05, 0) is 12.2 Å². The van der Waals surface area contributed by atoms with Crippen LogP contribution in [0.15, 0.2) is 52.9 Å². The second-order valence-electron chi connectivity index (χ2n) is 8.22. The number of nitrogens with zero attached hydrogens (tertiary/aromatic N) is 1. The summed E-state index contributed by atoms with van der Waals surface area (Å²) in [5, 5.41) is 0. The molecule has 1 aromatic carbocycles. The average Bonchev–Trinajstić information content (AvgIpc) is 2.73. The molecular weight excluding hydrogens is 705 g/mol. The van der Waals surface area contributed by atoms with Crippen LogP contribution in [-0.2, 0) is 23.9 Å². The Balaban J connectivity index is 2.15. The molecule has 7 nitrogen and oxygen atoms in total. The van der Waals surface area contributed by atoms with Gasteiger partial charge in [0.25, 0.3) is 0 Å². The van der Waals surface area contributed by atoms with E-state index in [0.29, 0.717) is 0 Å². The highest BCUT2D eigenvalue weighted by Gasteiger charge is 2.48. The van der Waals surface area contributed by atoms with Crippen LogP contribution in [0.1, 0.15) is 35.2 Å². The number of alkyl halides is 9. The molecule has 3 rings (SSSR count). The zero-order valence-corrected chi connectivity index (χ0v) is 25.8. The predicted octanol–water partition coefficient (Wildman–Crippen LogP) is 7.58. The summed E-state index contributed by atoms with van der Waals surface area (Å²) >= 11 is 51.5. The quantitative estimate of drug-likeness (QED) is 0.230. The van der Waals surface area contributed by atoms with E-state index in [0.717, 1.165) is 0 Å². The van der Waals surface area contributed by atoms with Crippen LogP contribution in [-0.4, -0.2) is 40.7 Å². The number of rotatable bonds is 5. The van der Waals surface area contributed by atoms with Crippen LogP contribution < -0.4 is 0 Å². The fourth-order valence-corrected chi connectivity index (χ4v) is 4.86. The van der Waals surface area contributed by atoms with Crippen molar-refractivity contribution in [3.8, 4) is 0 Å². The number of carbonyl (C=O) groups excluding carboxylic acids is 4. The van der Waals surface area contributed by atoms with E-state index in [4.69, 9.17) is 114 Å². The molecule has 210 valence electrons. The molecule has 2 aliphatic carbocycles. The van der Waals surface area contributed by atoms with E-state index < -0.39 is 66.1 Å². The van der Waals surface area contributed by atoms with E-state index in [1.165, 1.54) is 24.3 Å². The first kappa shape index (κ1) is 32.8. The van der Waals surface area contributed by atoms with Gasteiger partial charge < -0.3 is 9.47 Å². The maximum absolute atomic E-state index is 13.7. The van der Waals surface area contributed by atoms with Crippen molar-refractivity contribution in [3.63, 3.8) is 0 Å². The number of amides is 1. The monoisotopic (exact) mass is 715 g/mol.